The van der Waals surface area contributed by atoms with E-state index in [4.69, 9.17) is 0 Å². The minimum Gasteiger partial charge on any atom is -0.208 e. The van der Waals surface area contributed by atoms with E-state index in [0.717, 1.165) is 0 Å². The van der Waals surface area contributed by atoms with Crippen molar-refractivity contribution in [2.45, 2.75) is 0 Å². The van der Waals surface area contributed by atoms with Crippen molar-refractivity contribution in [3.63, 3.8) is 0 Å². The quantitative estimate of drug-likeness (QED) is 0.441. The monoisotopic (exact) mass is 417 g/mol. The molecule has 1 nitrogen and oxygen atoms in total. The molecule has 0 bridgehead atoms. The average Bonchev–Trinajstić information content (AvgIpc) is 1.69. The summed E-state index contributed by atoms with van der Waals surface area (Å²) in [6.07, 6.45) is 4.00. The summed E-state index contributed by atoms with van der Waals surface area (Å²) in [4.78, 5) is 0. The Morgan fingerprint density at radius 1 is 1.00 bits per heavy atom. The van der Waals surface area contributed by atoms with E-state index in [1.54, 1.807) is 0 Å². The van der Waals surface area contributed by atoms with Crippen molar-refractivity contribution in [2.24, 2.45) is 7.05 Å². The Balaban J connectivity index is 0. The van der Waals surface area contributed by atoms with Crippen LogP contribution in [0.1, 0.15) is 0 Å². The molecule has 0 radical (unpaired) electrons. The first kappa shape index (κ1) is 12.3. The van der Waals surface area contributed by atoms with E-state index in [1.807, 2.05) is 42.2 Å². The Morgan fingerprint density at radius 2 is 1.44 bits per heavy atom. The van der Waals surface area contributed by atoms with Crippen LogP contribution < -0.4 is 4.57 Å². The predicted octanol–water partition coefficient (Wildman–Crippen LogP) is 1.13. The number of pyridine rings is 1. The molecule has 0 amide bonds. The maximum atomic E-state index is 2.00. The van der Waals surface area contributed by atoms with Gasteiger partial charge in [-0.1, -0.05) is 6.07 Å². The van der Waals surface area contributed by atoms with E-state index >= 15 is 0 Å². The largest absolute Gasteiger partial charge is 0.208 e. The second kappa shape index (κ2) is 6.69. The molecule has 0 saturated carbocycles. The van der Waals surface area contributed by atoms with Crippen LogP contribution >= 0.6 is 24.0 Å². The zero-order valence-electron chi connectivity index (χ0n) is 5.06. The smallest absolute Gasteiger partial charge is 0.168 e. The van der Waals surface area contributed by atoms with Gasteiger partial charge in [0, 0.05) is 33.2 Å². The molecule has 1 aromatic rings. The number of hydrogen-bond donors (Lipinski definition) is 0. The van der Waals surface area contributed by atoms with Gasteiger partial charge in [-0.15, -0.1) is 24.0 Å². The first-order chi connectivity index (χ1) is 3.39. The van der Waals surface area contributed by atoms with Gasteiger partial charge in [-0.2, -0.15) is 0 Å². The van der Waals surface area contributed by atoms with Gasteiger partial charge in [-0.05, 0) is 0 Å². The third-order valence-electron chi connectivity index (χ3n) is 0.865. The molecule has 0 unspecified atom stereocenters. The van der Waals surface area contributed by atoms with Gasteiger partial charge >= 0.3 is 0 Å². The van der Waals surface area contributed by atoms with Crippen LogP contribution in [0.4, 0.5) is 0 Å². The fourth-order valence-corrected chi connectivity index (χ4v) is 0.485. The minimum absolute atomic E-state index is 0. The van der Waals surface area contributed by atoms with Gasteiger partial charge in [0.15, 0.2) is 12.4 Å². The van der Waals surface area contributed by atoms with Crippen molar-refractivity contribution in [1.29, 1.82) is 0 Å². The van der Waals surface area contributed by atoms with Crippen molar-refractivity contribution in [1.82, 2.24) is 0 Å². The van der Waals surface area contributed by atoms with Gasteiger partial charge in [0.25, 0.3) is 0 Å². The molecule has 0 atom stereocenters. The fraction of sp³-hybridized carbons (Fsp3) is 0.167. The van der Waals surface area contributed by atoms with Crippen LogP contribution in [0.15, 0.2) is 30.6 Å². The summed E-state index contributed by atoms with van der Waals surface area (Å²) in [5, 5.41) is 0. The van der Waals surface area contributed by atoms with E-state index in [2.05, 4.69) is 0 Å². The third kappa shape index (κ3) is 5.04. The molecule has 0 fully saturated rings. The Labute approximate surface area is 86.8 Å². The van der Waals surface area contributed by atoms with Crippen molar-refractivity contribution in [3.05, 3.63) is 30.6 Å². The summed E-state index contributed by atoms with van der Waals surface area (Å²) in [5.74, 6) is 0. The maximum Gasteiger partial charge on any atom is 0.168 e. The molecule has 54 valence electrons. The number of rotatable bonds is 0. The van der Waals surface area contributed by atoms with Crippen LogP contribution in [0.2, 0.25) is 0 Å². The molecule has 0 aliphatic carbocycles. The van der Waals surface area contributed by atoms with Crippen LogP contribution in [0.5, 0.6) is 0 Å². The van der Waals surface area contributed by atoms with Crippen molar-refractivity contribution in [3.8, 4) is 0 Å². The number of aromatic nitrogens is 1. The zero-order chi connectivity index (χ0) is 5.11. The first-order valence-electron chi connectivity index (χ1n) is 2.30. The second-order valence-corrected chi connectivity index (χ2v) is 1.54. The number of halogens is 1. The molecule has 9 heavy (non-hydrogen) atoms. The Bertz CT molecular complexity index is 143. The van der Waals surface area contributed by atoms with Crippen LogP contribution in [0.3, 0.4) is 0 Å². The van der Waals surface area contributed by atoms with E-state index in [-0.39, 0.29) is 45.0 Å². The van der Waals surface area contributed by atoms with Gasteiger partial charge in [0.1, 0.15) is 7.05 Å². The SMILES string of the molecule is C[n+]1ccccc1.I.[Pt]. The Morgan fingerprint density at radius 3 is 1.67 bits per heavy atom. The van der Waals surface area contributed by atoms with Gasteiger partial charge < -0.3 is 0 Å². The maximum absolute atomic E-state index is 2.00. The Hall–Kier alpha value is 0.568. The van der Waals surface area contributed by atoms with Crippen LogP contribution in [0, 0.1) is 0 Å². The van der Waals surface area contributed by atoms with E-state index in [9.17, 15) is 0 Å². The number of hydrogen-bond acceptors (Lipinski definition) is 0. The molecule has 0 N–H and O–H groups in total. The molecule has 1 heterocycles. The average molecular weight is 417 g/mol. The molecular formula is C6H9INPt+. The predicted molar refractivity (Wildman–Crippen MR) is 43.0 cm³/mol. The van der Waals surface area contributed by atoms with Crippen molar-refractivity contribution >= 4 is 24.0 Å². The normalized spacial score (nSPS) is 6.78. The van der Waals surface area contributed by atoms with Gasteiger partial charge in [0.2, 0.25) is 0 Å². The summed E-state index contributed by atoms with van der Waals surface area (Å²) < 4.78 is 2.00. The molecule has 0 aromatic carbocycles. The summed E-state index contributed by atoms with van der Waals surface area (Å²) in [5.41, 5.74) is 0. The number of aryl methyl sites for hydroxylation is 1. The van der Waals surface area contributed by atoms with Crippen molar-refractivity contribution < 1.29 is 25.6 Å². The fourth-order valence-electron chi connectivity index (χ4n) is 0.485. The molecule has 0 aliphatic heterocycles. The molecule has 1 aromatic heterocycles. The summed E-state index contributed by atoms with van der Waals surface area (Å²) in [7, 11) is 2.00. The molecule has 0 aliphatic rings. The molecule has 0 saturated heterocycles. The summed E-state index contributed by atoms with van der Waals surface area (Å²) in [6.45, 7) is 0. The van der Waals surface area contributed by atoms with Gasteiger partial charge in [-0.3, -0.25) is 0 Å². The van der Waals surface area contributed by atoms with Crippen LogP contribution in [-0.4, -0.2) is 0 Å². The van der Waals surface area contributed by atoms with Crippen LogP contribution in [-0.2, 0) is 28.1 Å². The summed E-state index contributed by atoms with van der Waals surface area (Å²) >= 11 is 0. The molecule has 3 heteroatoms. The summed E-state index contributed by atoms with van der Waals surface area (Å²) in [6, 6.07) is 6.00. The Kier molecular flexibility index (Phi) is 9.11. The second-order valence-electron chi connectivity index (χ2n) is 1.54. The topological polar surface area (TPSA) is 3.88 Å². The van der Waals surface area contributed by atoms with E-state index in [0.29, 0.717) is 0 Å². The molecular weight excluding hydrogens is 408 g/mol. The van der Waals surface area contributed by atoms with E-state index < -0.39 is 0 Å². The molecule has 0 spiro atoms. The first-order valence-corrected chi connectivity index (χ1v) is 2.30. The van der Waals surface area contributed by atoms with Gasteiger partial charge in [0.05, 0.1) is 0 Å². The van der Waals surface area contributed by atoms with Crippen LogP contribution in [0.25, 0.3) is 0 Å². The standard InChI is InChI=1S/C6H8N.HI.Pt/c1-7-5-3-2-4-6-7;;/h2-6H,1H3;1H;/q+1;;. The third-order valence-corrected chi connectivity index (χ3v) is 0.865. The van der Waals surface area contributed by atoms with E-state index in [1.165, 1.54) is 0 Å². The number of nitrogens with zero attached hydrogens (tertiary/aromatic N) is 1. The van der Waals surface area contributed by atoms with Crippen molar-refractivity contribution in [2.75, 3.05) is 0 Å². The van der Waals surface area contributed by atoms with Gasteiger partial charge in [-0.25, -0.2) is 4.57 Å². The molecule has 1 rings (SSSR count). The minimum atomic E-state index is 0. The zero-order valence-corrected chi connectivity index (χ0v) is 9.66.